The van der Waals surface area contributed by atoms with Gasteiger partial charge in [0, 0.05) is 26.5 Å². The third-order valence-corrected chi connectivity index (χ3v) is 12.4. The van der Waals surface area contributed by atoms with Crippen molar-refractivity contribution in [2.75, 3.05) is 0 Å². The van der Waals surface area contributed by atoms with Gasteiger partial charge in [0.2, 0.25) is 0 Å². The van der Waals surface area contributed by atoms with Gasteiger partial charge in [-0.3, -0.25) is 0 Å². The van der Waals surface area contributed by atoms with Crippen LogP contribution in [0.25, 0.3) is 67.5 Å². The molecule has 2 heterocycles. The highest BCUT2D eigenvalue weighted by Gasteiger charge is 2.50. The Morgan fingerprint density at radius 3 is 1.38 bits per heavy atom. The molecule has 11 rings (SSSR count). The molecule has 9 aromatic rings. The number of benzene rings is 8. The number of hydrogen-bond donors (Lipinski definition) is 0. The summed E-state index contributed by atoms with van der Waals surface area (Å²) in [5.41, 5.74) is 14.8. The summed E-state index contributed by atoms with van der Waals surface area (Å²) in [4.78, 5) is 18.0. The molecule has 0 N–H and O–H groups in total. The number of rotatable bonds is 5. The quantitative estimate of drug-likeness (QED) is 0.177. The molecule has 262 valence electrons. The Kier molecular flexibility index (Phi) is 7.64. The van der Waals surface area contributed by atoms with Crippen LogP contribution in [0.4, 0.5) is 0 Å². The number of aromatic nitrogens is 3. The molecule has 0 atom stereocenters. The van der Waals surface area contributed by atoms with Gasteiger partial charge in [-0.1, -0.05) is 194 Å². The fraction of sp³-hybridized carbons (Fsp3) is 0.0192. The van der Waals surface area contributed by atoms with Gasteiger partial charge in [0.25, 0.3) is 0 Å². The number of nitrogens with zero attached hydrogens (tertiary/aromatic N) is 3. The van der Waals surface area contributed by atoms with E-state index >= 15 is 0 Å². The minimum absolute atomic E-state index is 0.456. The summed E-state index contributed by atoms with van der Waals surface area (Å²) in [6.07, 6.45) is 0. The van der Waals surface area contributed by atoms with Crippen molar-refractivity contribution in [2.24, 2.45) is 0 Å². The Morgan fingerprint density at radius 1 is 0.286 bits per heavy atom. The fourth-order valence-electron chi connectivity index (χ4n) is 8.74. The molecule has 2 aliphatic rings. The lowest BCUT2D eigenvalue weighted by Gasteiger charge is -2.40. The van der Waals surface area contributed by atoms with Gasteiger partial charge in [-0.15, -0.1) is 0 Å². The third-order valence-electron chi connectivity index (χ3n) is 11.2. The summed E-state index contributed by atoms with van der Waals surface area (Å²) in [7, 11) is 0. The molecular weight excluding hydrogens is 699 g/mol. The van der Waals surface area contributed by atoms with Crippen LogP contribution >= 0.6 is 11.8 Å². The van der Waals surface area contributed by atoms with Crippen LogP contribution in [0.3, 0.4) is 0 Å². The molecule has 0 amide bonds. The molecule has 1 aliphatic heterocycles. The molecular formula is C52H33N3S. The average molecular weight is 732 g/mol. The lowest BCUT2D eigenvalue weighted by Crippen LogP contribution is -2.32. The van der Waals surface area contributed by atoms with Gasteiger partial charge >= 0.3 is 0 Å². The monoisotopic (exact) mass is 731 g/mol. The van der Waals surface area contributed by atoms with Crippen LogP contribution in [-0.4, -0.2) is 15.0 Å². The predicted molar refractivity (Wildman–Crippen MR) is 228 cm³/mol. The SMILES string of the molecule is c1ccc(-c2ccc(-c3nc(-c4ccccc4)nc(-c4ccccc4-c4ccc5c(c4)C4(c6ccccc6S5)c5ccccc5-c5ccccc54)n3)cc2)cc1. The molecule has 56 heavy (non-hydrogen) atoms. The highest BCUT2D eigenvalue weighted by atomic mass is 32.2. The van der Waals surface area contributed by atoms with Gasteiger partial charge in [-0.05, 0) is 73.8 Å². The maximum Gasteiger partial charge on any atom is 0.164 e. The first-order valence-corrected chi connectivity index (χ1v) is 19.8. The zero-order valence-corrected chi connectivity index (χ0v) is 31.1. The molecule has 1 aromatic heterocycles. The predicted octanol–water partition coefficient (Wildman–Crippen LogP) is 13.0. The van der Waals surface area contributed by atoms with Crippen LogP contribution in [0.15, 0.2) is 210 Å². The summed E-state index contributed by atoms with van der Waals surface area (Å²) < 4.78 is 0. The van der Waals surface area contributed by atoms with E-state index in [9.17, 15) is 0 Å². The Bertz CT molecular complexity index is 2890. The highest BCUT2D eigenvalue weighted by molar-refractivity contribution is 7.99. The minimum atomic E-state index is -0.456. The lowest BCUT2D eigenvalue weighted by atomic mass is 9.67. The van der Waals surface area contributed by atoms with Crippen LogP contribution in [0, 0.1) is 0 Å². The van der Waals surface area contributed by atoms with Crippen LogP contribution in [0.2, 0.25) is 0 Å². The summed E-state index contributed by atoms with van der Waals surface area (Å²) in [5, 5.41) is 0. The van der Waals surface area contributed by atoms with E-state index in [1.54, 1.807) is 0 Å². The summed E-state index contributed by atoms with van der Waals surface area (Å²) >= 11 is 1.86. The molecule has 3 nitrogen and oxygen atoms in total. The first-order valence-electron chi connectivity index (χ1n) is 18.9. The Balaban J connectivity index is 1.10. The first kappa shape index (κ1) is 32.5. The van der Waals surface area contributed by atoms with Gasteiger partial charge < -0.3 is 0 Å². The van der Waals surface area contributed by atoms with Crippen molar-refractivity contribution >= 4 is 11.8 Å². The second-order valence-corrected chi connectivity index (χ2v) is 15.4. The van der Waals surface area contributed by atoms with Crippen molar-refractivity contribution in [3.8, 4) is 67.5 Å². The molecule has 0 fully saturated rings. The molecule has 0 bridgehead atoms. The molecule has 8 aromatic carbocycles. The lowest BCUT2D eigenvalue weighted by molar-refractivity contribution is 0.723. The largest absolute Gasteiger partial charge is 0.208 e. The average Bonchev–Trinajstić information content (AvgIpc) is 3.57. The van der Waals surface area contributed by atoms with Crippen molar-refractivity contribution in [3.05, 3.63) is 222 Å². The smallest absolute Gasteiger partial charge is 0.164 e. The maximum absolute atomic E-state index is 5.21. The molecule has 1 aliphatic carbocycles. The number of fused-ring (bicyclic) bond motifs is 9. The summed E-state index contributed by atoms with van der Waals surface area (Å²) in [6, 6.07) is 71.5. The van der Waals surface area contributed by atoms with E-state index < -0.39 is 5.41 Å². The van der Waals surface area contributed by atoms with E-state index in [1.807, 2.05) is 36.0 Å². The molecule has 1 spiro atoms. The Morgan fingerprint density at radius 2 is 0.714 bits per heavy atom. The van der Waals surface area contributed by atoms with Crippen LogP contribution in [0.1, 0.15) is 22.3 Å². The fourth-order valence-corrected chi connectivity index (χ4v) is 9.91. The van der Waals surface area contributed by atoms with Gasteiger partial charge in [-0.2, -0.15) is 0 Å². The van der Waals surface area contributed by atoms with Gasteiger partial charge in [-0.25, -0.2) is 15.0 Å². The molecule has 0 saturated heterocycles. The van der Waals surface area contributed by atoms with Crippen LogP contribution in [0.5, 0.6) is 0 Å². The van der Waals surface area contributed by atoms with Gasteiger partial charge in [0.05, 0.1) is 5.41 Å². The summed E-state index contributed by atoms with van der Waals surface area (Å²) in [5.74, 6) is 1.92. The normalized spacial score (nSPS) is 13.1. The second kappa shape index (κ2) is 13.2. The third kappa shape index (κ3) is 5.10. The van der Waals surface area contributed by atoms with Crippen LogP contribution in [-0.2, 0) is 5.41 Å². The minimum Gasteiger partial charge on any atom is -0.208 e. The van der Waals surface area contributed by atoms with Crippen molar-refractivity contribution in [1.29, 1.82) is 0 Å². The molecule has 0 radical (unpaired) electrons. The van der Waals surface area contributed by atoms with Crippen molar-refractivity contribution in [2.45, 2.75) is 15.2 Å². The topological polar surface area (TPSA) is 38.7 Å². The molecule has 4 heteroatoms. The molecule has 0 saturated carbocycles. The van der Waals surface area contributed by atoms with Gasteiger partial charge in [0.1, 0.15) is 0 Å². The van der Waals surface area contributed by atoms with Crippen molar-refractivity contribution < 1.29 is 0 Å². The van der Waals surface area contributed by atoms with E-state index in [2.05, 4.69) is 176 Å². The van der Waals surface area contributed by atoms with E-state index in [-0.39, 0.29) is 0 Å². The van der Waals surface area contributed by atoms with E-state index in [0.717, 1.165) is 33.4 Å². The van der Waals surface area contributed by atoms with E-state index in [1.165, 1.54) is 48.7 Å². The highest BCUT2D eigenvalue weighted by Crippen LogP contribution is 2.62. The molecule has 0 unspecified atom stereocenters. The van der Waals surface area contributed by atoms with Crippen molar-refractivity contribution in [3.63, 3.8) is 0 Å². The number of hydrogen-bond acceptors (Lipinski definition) is 4. The Labute approximate surface area is 330 Å². The van der Waals surface area contributed by atoms with E-state index in [0.29, 0.717) is 17.5 Å². The van der Waals surface area contributed by atoms with E-state index in [4.69, 9.17) is 15.0 Å². The second-order valence-electron chi connectivity index (χ2n) is 14.3. The Hall–Kier alpha value is -6.88. The van der Waals surface area contributed by atoms with Gasteiger partial charge in [0.15, 0.2) is 17.5 Å². The summed E-state index contributed by atoms with van der Waals surface area (Å²) in [6.45, 7) is 0. The standard InChI is InChI=1S/C52H33N3S/c1-3-15-34(16-4-1)35-27-29-37(30-28-35)50-53-49(36-17-5-2-6-18-36)54-51(55-50)42-22-8-7-19-39(42)38-31-32-48-46(33-38)52(45-25-13-14-26-47(45)56-48)43-23-11-9-20-40(43)41-21-10-12-24-44(41)52/h1-33H. The van der Waals surface area contributed by atoms with Crippen molar-refractivity contribution in [1.82, 2.24) is 15.0 Å². The first-order chi connectivity index (χ1) is 27.8. The zero-order chi connectivity index (χ0) is 37.1. The maximum atomic E-state index is 5.21. The van der Waals surface area contributed by atoms with Crippen LogP contribution < -0.4 is 0 Å². The zero-order valence-electron chi connectivity index (χ0n) is 30.3.